The standard InChI is InChI=1S/C24H37N5O6S/c1-4-14(2)20(29-21(31)16(25)12-15-8-6-5-7-9-15)23(33)27-17(10-11-36-3)22(32)28-18(24(34)35)13-19(26)30/h5-9,14,16-18,20H,4,10-13,25H2,1-3H3,(H2,26,30)(H,27,33)(H,28,32)(H,29,31)(H,34,35). The quantitative estimate of drug-likeness (QED) is 0.171. The summed E-state index contributed by atoms with van der Waals surface area (Å²) in [5, 5.41) is 16.9. The first kappa shape index (κ1) is 30.9. The average Bonchev–Trinajstić information content (AvgIpc) is 2.83. The molecule has 0 spiro atoms. The molecule has 0 saturated heterocycles. The number of nitrogens with two attached hydrogens (primary N) is 2. The minimum atomic E-state index is -1.52. The molecule has 1 rings (SSSR count). The van der Waals surface area contributed by atoms with Crippen molar-refractivity contribution in [2.24, 2.45) is 17.4 Å². The van der Waals surface area contributed by atoms with Gasteiger partial charge in [0.15, 0.2) is 0 Å². The van der Waals surface area contributed by atoms with Crippen molar-refractivity contribution in [1.82, 2.24) is 16.0 Å². The highest BCUT2D eigenvalue weighted by molar-refractivity contribution is 7.98. The van der Waals surface area contributed by atoms with Gasteiger partial charge in [-0.25, -0.2) is 4.79 Å². The summed E-state index contributed by atoms with van der Waals surface area (Å²) in [7, 11) is 0. The molecule has 4 amide bonds. The number of hydrogen-bond acceptors (Lipinski definition) is 7. The molecule has 5 atom stereocenters. The Morgan fingerprint density at radius 3 is 2.11 bits per heavy atom. The van der Waals surface area contributed by atoms with Gasteiger partial charge in [0.05, 0.1) is 12.5 Å². The van der Waals surface area contributed by atoms with Crippen LogP contribution in [0.25, 0.3) is 0 Å². The van der Waals surface area contributed by atoms with Gasteiger partial charge in [-0.2, -0.15) is 11.8 Å². The Kier molecular flexibility index (Phi) is 13.6. The zero-order chi connectivity index (χ0) is 27.3. The fraction of sp³-hybridized carbons (Fsp3) is 0.542. The van der Waals surface area contributed by atoms with Crippen LogP contribution < -0.4 is 27.4 Å². The van der Waals surface area contributed by atoms with Gasteiger partial charge in [-0.1, -0.05) is 50.6 Å². The molecular weight excluding hydrogens is 486 g/mol. The zero-order valence-corrected chi connectivity index (χ0v) is 21.7. The van der Waals surface area contributed by atoms with E-state index >= 15 is 0 Å². The van der Waals surface area contributed by atoms with Crippen LogP contribution in [0.4, 0.5) is 0 Å². The molecule has 11 nitrogen and oxygen atoms in total. The monoisotopic (exact) mass is 523 g/mol. The topological polar surface area (TPSA) is 194 Å². The van der Waals surface area contributed by atoms with Crippen molar-refractivity contribution in [3.05, 3.63) is 35.9 Å². The molecule has 0 bridgehead atoms. The molecule has 0 saturated carbocycles. The van der Waals surface area contributed by atoms with Gasteiger partial charge in [0.2, 0.25) is 23.6 Å². The van der Waals surface area contributed by atoms with E-state index in [9.17, 15) is 29.1 Å². The predicted octanol–water partition coefficient (Wildman–Crippen LogP) is -0.230. The second-order valence-electron chi connectivity index (χ2n) is 8.58. The molecule has 8 N–H and O–H groups in total. The maximum atomic E-state index is 13.2. The van der Waals surface area contributed by atoms with E-state index in [1.165, 1.54) is 11.8 Å². The lowest BCUT2D eigenvalue weighted by atomic mass is 9.96. The summed E-state index contributed by atoms with van der Waals surface area (Å²) in [6, 6.07) is 4.79. The number of carboxylic acids is 1. The molecule has 0 aliphatic rings. The van der Waals surface area contributed by atoms with Crippen molar-refractivity contribution in [2.75, 3.05) is 12.0 Å². The highest BCUT2D eigenvalue weighted by atomic mass is 32.2. The number of carbonyl (C=O) groups is 5. The summed E-state index contributed by atoms with van der Waals surface area (Å²) in [6.07, 6.45) is 2.29. The Hall–Kier alpha value is -3.12. The first-order valence-electron chi connectivity index (χ1n) is 11.7. The van der Waals surface area contributed by atoms with E-state index in [0.717, 1.165) is 5.56 Å². The summed E-state index contributed by atoms with van der Waals surface area (Å²) in [4.78, 5) is 61.4. The minimum Gasteiger partial charge on any atom is -0.480 e. The zero-order valence-electron chi connectivity index (χ0n) is 20.9. The third-order valence-electron chi connectivity index (χ3n) is 5.69. The Labute approximate surface area is 215 Å². The van der Waals surface area contributed by atoms with Gasteiger partial charge in [0.25, 0.3) is 0 Å². The van der Waals surface area contributed by atoms with Gasteiger partial charge in [-0.15, -0.1) is 0 Å². The highest BCUT2D eigenvalue weighted by Gasteiger charge is 2.32. The van der Waals surface area contributed by atoms with Crippen LogP contribution in [0.2, 0.25) is 0 Å². The maximum absolute atomic E-state index is 13.2. The number of primary amides is 1. The Morgan fingerprint density at radius 1 is 0.972 bits per heavy atom. The van der Waals surface area contributed by atoms with E-state index < -0.39 is 60.2 Å². The number of amides is 4. The molecule has 200 valence electrons. The van der Waals surface area contributed by atoms with Crippen molar-refractivity contribution < 1.29 is 29.1 Å². The van der Waals surface area contributed by atoms with Gasteiger partial charge in [0, 0.05) is 0 Å². The molecule has 12 heteroatoms. The van der Waals surface area contributed by atoms with Crippen molar-refractivity contribution in [3.63, 3.8) is 0 Å². The normalized spacial score (nSPS) is 15.0. The molecule has 0 aromatic heterocycles. The van der Waals surface area contributed by atoms with Crippen LogP contribution in [0.3, 0.4) is 0 Å². The lowest BCUT2D eigenvalue weighted by molar-refractivity contribution is -0.143. The average molecular weight is 524 g/mol. The molecule has 0 radical (unpaired) electrons. The van der Waals surface area contributed by atoms with Crippen molar-refractivity contribution >= 4 is 41.4 Å². The molecule has 1 aromatic rings. The third-order valence-corrected chi connectivity index (χ3v) is 6.34. The fourth-order valence-corrected chi connectivity index (χ4v) is 3.83. The van der Waals surface area contributed by atoms with Gasteiger partial charge in [0.1, 0.15) is 18.1 Å². The van der Waals surface area contributed by atoms with Crippen LogP contribution in [-0.2, 0) is 30.4 Å². The van der Waals surface area contributed by atoms with E-state index in [1.807, 2.05) is 43.5 Å². The molecule has 0 aliphatic carbocycles. The van der Waals surface area contributed by atoms with Crippen LogP contribution in [-0.4, -0.2) is 70.9 Å². The summed E-state index contributed by atoms with van der Waals surface area (Å²) >= 11 is 1.44. The second-order valence-corrected chi connectivity index (χ2v) is 9.57. The van der Waals surface area contributed by atoms with E-state index in [1.54, 1.807) is 6.92 Å². The van der Waals surface area contributed by atoms with E-state index in [4.69, 9.17) is 11.5 Å². The van der Waals surface area contributed by atoms with Crippen LogP contribution in [0.5, 0.6) is 0 Å². The number of hydrogen-bond donors (Lipinski definition) is 6. The lowest BCUT2D eigenvalue weighted by Crippen LogP contribution is -2.59. The molecule has 1 aromatic carbocycles. The highest BCUT2D eigenvalue weighted by Crippen LogP contribution is 2.11. The number of carbonyl (C=O) groups excluding carboxylic acids is 4. The van der Waals surface area contributed by atoms with Crippen LogP contribution in [0.15, 0.2) is 30.3 Å². The molecular formula is C24H37N5O6S. The number of thioether (sulfide) groups is 1. The van der Waals surface area contributed by atoms with Crippen LogP contribution in [0.1, 0.15) is 38.7 Å². The number of nitrogens with one attached hydrogen (secondary N) is 3. The van der Waals surface area contributed by atoms with Crippen LogP contribution >= 0.6 is 11.8 Å². The smallest absolute Gasteiger partial charge is 0.326 e. The predicted molar refractivity (Wildman–Crippen MR) is 138 cm³/mol. The summed E-state index contributed by atoms with van der Waals surface area (Å²) in [6.45, 7) is 3.65. The summed E-state index contributed by atoms with van der Waals surface area (Å²) in [5.41, 5.74) is 12.0. The van der Waals surface area contributed by atoms with Crippen LogP contribution in [0, 0.1) is 5.92 Å². The Morgan fingerprint density at radius 2 is 1.58 bits per heavy atom. The summed E-state index contributed by atoms with van der Waals surface area (Å²) in [5.74, 6) is -3.95. The van der Waals surface area contributed by atoms with Crippen molar-refractivity contribution in [2.45, 2.75) is 63.7 Å². The Bertz CT molecular complexity index is 900. The molecule has 0 fully saturated rings. The van der Waals surface area contributed by atoms with Crippen molar-refractivity contribution in [3.8, 4) is 0 Å². The Balaban J connectivity index is 2.97. The van der Waals surface area contributed by atoms with E-state index in [-0.39, 0.29) is 18.8 Å². The number of benzene rings is 1. The first-order chi connectivity index (χ1) is 17.0. The first-order valence-corrected chi connectivity index (χ1v) is 13.1. The maximum Gasteiger partial charge on any atom is 0.326 e. The fourth-order valence-electron chi connectivity index (χ4n) is 3.36. The second kappa shape index (κ2) is 15.8. The van der Waals surface area contributed by atoms with Crippen molar-refractivity contribution in [1.29, 1.82) is 0 Å². The summed E-state index contributed by atoms with van der Waals surface area (Å²) < 4.78 is 0. The largest absolute Gasteiger partial charge is 0.480 e. The van der Waals surface area contributed by atoms with E-state index in [2.05, 4.69) is 16.0 Å². The molecule has 0 heterocycles. The number of aliphatic carboxylic acids is 1. The SMILES string of the molecule is CCC(C)C(NC(=O)C(N)Cc1ccccc1)C(=O)NC(CCSC)C(=O)NC(CC(N)=O)C(=O)O. The molecule has 0 aliphatic heterocycles. The molecule has 36 heavy (non-hydrogen) atoms. The lowest BCUT2D eigenvalue weighted by Gasteiger charge is -2.28. The number of rotatable bonds is 16. The van der Waals surface area contributed by atoms with Gasteiger partial charge >= 0.3 is 5.97 Å². The molecule has 5 unspecified atom stereocenters. The number of carboxylic acid groups (broad SMARTS) is 1. The minimum absolute atomic E-state index is 0.205. The van der Waals surface area contributed by atoms with E-state index in [0.29, 0.717) is 12.2 Å². The third kappa shape index (κ3) is 10.6. The van der Waals surface area contributed by atoms with Gasteiger partial charge < -0.3 is 32.5 Å². The van der Waals surface area contributed by atoms with Gasteiger partial charge in [-0.3, -0.25) is 19.2 Å². The van der Waals surface area contributed by atoms with Gasteiger partial charge in [-0.05, 0) is 36.3 Å².